The lowest BCUT2D eigenvalue weighted by Crippen LogP contribution is -2.18. The first-order chi connectivity index (χ1) is 9.34. The van der Waals surface area contributed by atoms with Gasteiger partial charge in [-0.3, -0.25) is 4.79 Å². The van der Waals surface area contributed by atoms with Crippen molar-refractivity contribution in [2.24, 2.45) is 0 Å². The van der Waals surface area contributed by atoms with Crippen molar-refractivity contribution in [2.75, 3.05) is 0 Å². The average molecular weight is 288 g/mol. The quantitative estimate of drug-likeness (QED) is 0.604. The number of hydrogen-bond acceptors (Lipinski definition) is 2. The molecule has 1 rings (SSSR count). The number of carbonyl (C=O) groups excluding carboxylic acids is 1. The van der Waals surface area contributed by atoms with E-state index in [0.717, 1.165) is 16.7 Å². The molecule has 0 unspecified atom stereocenters. The Labute approximate surface area is 128 Å². The fourth-order valence-electron chi connectivity index (χ4n) is 2.27. The third kappa shape index (κ3) is 4.20. The Kier molecular flexibility index (Phi) is 4.72. The summed E-state index contributed by atoms with van der Waals surface area (Å²) in [5, 5.41) is 10.6. The van der Waals surface area contributed by atoms with E-state index in [-0.39, 0.29) is 16.6 Å². The highest BCUT2D eigenvalue weighted by Crippen LogP contribution is 2.39. The second kappa shape index (κ2) is 5.67. The van der Waals surface area contributed by atoms with Gasteiger partial charge >= 0.3 is 0 Å². The van der Waals surface area contributed by atoms with Gasteiger partial charge < -0.3 is 5.11 Å². The normalized spacial score (nSPS) is 12.2. The van der Waals surface area contributed by atoms with Crippen LogP contribution in [-0.2, 0) is 10.8 Å². The summed E-state index contributed by atoms with van der Waals surface area (Å²) < 4.78 is 0. The molecule has 0 fully saturated rings. The summed E-state index contributed by atoms with van der Waals surface area (Å²) in [6.45, 7) is 16.1. The van der Waals surface area contributed by atoms with Crippen molar-refractivity contribution in [1.82, 2.24) is 0 Å². The first kappa shape index (κ1) is 17.5. The predicted molar refractivity (Wildman–Crippen MR) is 89.3 cm³/mol. The maximum atomic E-state index is 12.4. The molecular weight excluding hydrogens is 260 g/mol. The minimum atomic E-state index is -0.217. The van der Waals surface area contributed by atoms with Crippen LogP contribution in [0.1, 0.15) is 76.9 Å². The molecule has 116 valence electrons. The zero-order valence-corrected chi connectivity index (χ0v) is 14.6. The summed E-state index contributed by atoms with van der Waals surface area (Å²) in [4.78, 5) is 12.4. The maximum absolute atomic E-state index is 12.4. The van der Waals surface area contributed by atoms with E-state index < -0.39 is 0 Å². The van der Waals surface area contributed by atoms with E-state index in [1.165, 1.54) is 0 Å². The fraction of sp³-hybridized carbons (Fsp3) is 0.526. The van der Waals surface area contributed by atoms with Crippen LogP contribution in [-0.4, -0.2) is 10.9 Å². The lowest BCUT2D eigenvalue weighted by Gasteiger charge is -2.28. The van der Waals surface area contributed by atoms with Crippen LogP contribution in [0.15, 0.2) is 23.8 Å². The molecule has 0 aliphatic heterocycles. The molecule has 0 amide bonds. The van der Waals surface area contributed by atoms with Gasteiger partial charge in [0, 0.05) is 16.7 Å². The number of benzene rings is 1. The van der Waals surface area contributed by atoms with Crippen LogP contribution in [0, 0.1) is 0 Å². The second-order valence-corrected chi connectivity index (χ2v) is 8.01. The van der Waals surface area contributed by atoms with Crippen LogP contribution >= 0.6 is 0 Å². The molecule has 1 aromatic rings. The SMILES string of the molecule is CC(C)=CC(=O)c1cc(C(C)(C)C)c(O)c(C(C)(C)C)c1. The topological polar surface area (TPSA) is 37.3 Å². The van der Waals surface area contributed by atoms with Crippen molar-refractivity contribution in [3.63, 3.8) is 0 Å². The molecule has 2 nitrogen and oxygen atoms in total. The summed E-state index contributed by atoms with van der Waals surface area (Å²) in [6.07, 6.45) is 1.64. The Hall–Kier alpha value is -1.57. The molecular formula is C19H28O2. The van der Waals surface area contributed by atoms with E-state index in [2.05, 4.69) is 0 Å². The van der Waals surface area contributed by atoms with Gasteiger partial charge in [0.25, 0.3) is 0 Å². The highest BCUT2D eigenvalue weighted by Gasteiger charge is 2.27. The van der Waals surface area contributed by atoms with Crippen LogP contribution in [0.25, 0.3) is 0 Å². The zero-order chi connectivity index (χ0) is 16.6. The van der Waals surface area contributed by atoms with Crippen LogP contribution in [0.3, 0.4) is 0 Å². The van der Waals surface area contributed by atoms with Crippen LogP contribution in [0.5, 0.6) is 5.75 Å². The van der Waals surface area contributed by atoms with E-state index in [9.17, 15) is 9.90 Å². The number of hydrogen-bond donors (Lipinski definition) is 1. The molecule has 0 aliphatic carbocycles. The van der Waals surface area contributed by atoms with Crippen molar-refractivity contribution < 1.29 is 9.90 Å². The molecule has 0 spiro atoms. The van der Waals surface area contributed by atoms with E-state index in [1.54, 1.807) is 6.08 Å². The standard InChI is InChI=1S/C19H28O2/c1-12(2)9-16(20)13-10-14(18(3,4)5)17(21)15(11-13)19(6,7)8/h9-11,21H,1-8H3. The summed E-state index contributed by atoms with van der Waals surface area (Å²) in [6, 6.07) is 3.65. The van der Waals surface area contributed by atoms with Gasteiger partial charge in [-0.05, 0) is 42.9 Å². The largest absolute Gasteiger partial charge is 0.507 e. The lowest BCUT2D eigenvalue weighted by atomic mass is 9.78. The third-order valence-corrected chi connectivity index (χ3v) is 3.43. The number of carbonyl (C=O) groups is 1. The van der Waals surface area contributed by atoms with Crippen LogP contribution in [0.2, 0.25) is 0 Å². The van der Waals surface area contributed by atoms with Crippen molar-refractivity contribution in [3.8, 4) is 5.75 Å². The molecule has 2 heteroatoms. The molecule has 0 bridgehead atoms. The first-order valence-electron chi connectivity index (χ1n) is 7.41. The van der Waals surface area contributed by atoms with Crippen molar-refractivity contribution in [1.29, 1.82) is 0 Å². The Bertz CT molecular complexity index is 540. The summed E-state index contributed by atoms with van der Waals surface area (Å²) >= 11 is 0. The zero-order valence-electron chi connectivity index (χ0n) is 14.6. The van der Waals surface area contributed by atoms with E-state index >= 15 is 0 Å². The number of rotatable bonds is 2. The molecule has 21 heavy (non-hydrogen) atoms. The summed E-state index contributed by atoms with van der Waals surface area (Å²) in [5.74, 6) is 0.301. The lowest BCUT2D eigenvalue weighted by molar-refractivity contribution is 0.104. The Morgan fingerprint density at radius 2 is 1.33 bits per heavy atom. The van der Waals surface area contributed by atoms with Gasteiger partial charge in [0.15, 0.2) is 5.78 Å². The molecule has 0 heterocycles. The number of ketones is 1. The molecule has 0 atom stereocenters. The maximum Gasteiger partial charge on any atom is 0.185 e. The van der Waals surface area contributed by atoms with Crippen LogP contribution in [0.4, 0.5) is 0 Å². The van der Waals surface area contributed by atoms with Crippen molar-refractivity contribution in [3.05, 3.63) is 40.5 Å². The Balaban J connectivity index is 3.63. The summed E-state index contributed by atoms with van der Waals surface area (Å²) in [5.41, 5.74) is 2.82. The Morgan fingerprint density at radius 3 is 1.62 bits per heavy atom. The smallest absolute Gasteiger partial charge is 0.185 e. The molecule has 0 aromatic heterocycles. The molecule has 0 aliphatic rings. The van der Waals surface area contributed by atoms with Crippen molar-refractivity contribution >= 4 is 5.78 Å². The second-order valence-electron chi connectivity index (χ2n) is 8.01. The van der Waals surface area contributed by atoms with E-state index in [0.29, 0.717) is 11.3 Å². The van der Waals surface area contributed by atoms with Gasteiger partial charge in [-0.15, -0.1) is 0 Å². The van der Waals surface area contributed by atoms with Gasteiger partial charge in [-0.1, -0.05) is 47.1 Å². The van der Waals surface area contributed by atoms with Crippen molar-refractivity contribution in [2.45, 2.75) is 66.2 Å². The highest BCUT2D eigenvalue weighted by atomic mass is 16.3. The minimum Gasteiger partial charge on any atom is -0.507 e. The van der Waals surface area contributed by atoms with Gasteiger partial charge in [0.2, 0.25) is 0 Å². The van der Waals surface area contributed by atoms with Gasteiger partial charge in [0.05, 0.1) is 0 Å². The molecule has 1 N–H and O–H groups in total. The highest BCUT2D eigenvalue weighted by molar-refractivity contribution is 6.05. The predicted octanol–water partition coefficient (Wildman–Crippen LogP) is 5.14. The minimum absolute atomic E-state index is 0.00833. The number of phenols is 1. The van der Waals surface area contributed by atoms with Gasteiger partial charge in [0.1, 0.15) is 5.75 Å². The molecule has 0 saturated carbocycles. The summed E-state index contributed by atoms with van der Waals surface area (Å²) in [7, 11) is 0. The number of phenolic OH excluding ortho intramolecular Hbond substituents is 1. The number of allylic oxidation sites excluding steroid dienone is 2. The average Bonchev–Trinajstić information content (AvgIpc) is 2.24. The third-order valence-electron chi connectivity index (χ3n) is 3.43. The molecule has 1 aromatic carbocycles. The van der Waals surface area contributed by atoms with Gasteiger partial charge in [-0.25, -0.2) is 0 Å². The first-order valence-corrected chi connectivity index (χ1v) is 7.41. The van der Waals surface area contributed by atoms with E-state index in [4.69, 9.17) is 0 Å². The van der Waals surface area contributed by atoms with E-state index in [1.807, 2.05) is 67.5 Å². The Morgan fingerprint density at radius 1 is 0.952 bits per heavy atom. The number of aromatic hydroxyl groups is 1. The van der Waals surface area contributed by atoms with Crippen LogP contribution < -0.4 is 0 Å². The van der Waals surface area contributed by atoms with Gasteiger partial charge in [-0.2, -0.15) is 0 Å². The fourth-order valence-corrected chi connectivity index (χ4v) is 2.27. The molecule has 0 saturated heterocycles. The monoisotopic (exact) mass is 288 g/mol. The molecule has 0 radical (unpaired) electrons.